The van der Waals surface area contributed by atoms with Crippen molar-refractivity contribution in [2.45, 2.75) is 11.2 Å². The Kier molecular flexibility index (Phi) is 5.29. The highest BCUT2D eigenvalue weighted by atomic mass is 32.2. The van der Waals surface area contributed by atoms with E-state index in [-0.39, 0.29) is 11.4 Å². The van der Waals surface area contributed by atoms with Crippen LogP contribution in [0.5, 0.6) is 0 Å². The average molecular weight is 434 g/mol. The summed E-state index contributed by atoms with van der Waals surface area (Å²) in [6, 6.07) is 10.6. The van der Waals surface area contributed by atoms with Crippen LogP contribution >= 0.6 is 23.1 Å². The van der Waals surface area contributed by atoms with Crippen LogP contribution in [0.3, 0.4) is 0 Å². The number of aromatic nitrogens is 3. The molecule has 3 aromatic heterocycles. The lowest BCUT2D eigenvalue weighted by molar-refractivity contribution is -0.137. The molecule has 1 amide bonds. The van der Waals surface area contributed by atoms with Crippen LogP contribution in [0.4, 0.5) is 18.9 Å². The smallest absolute Gasteiger partial charge is 0.325 e. The molecule has 0 saturated carbocycles. The Labute approximate surface area is 171 Å². The number of alkyl halides is 3. The minimum Gasteiger partial charge on any atom is -0.325 e. The van der Waals surface area contributed by atoms with Gasteiger partial charge in [-0.1, -0.05) is 30.0 Å². The summed E-state index contributed by atoms with van der Waals surface area (Å²) in [5.41, 5.74) is 0.374. The Balaban J connectivity index is 1.50. The van der Waals surface area contributed by atoms with Crippen molar-refractivity contribution in [3.05, 3.63) is 65.8 Å². The number of hydrogen-bond donors (Lipinski definition) is 1. The molecule has 3 heterocycles. The van der Waals surface area contributed by atoms with Gasteiger partial charge in [0.05, 0.1) is 27.4 Å². The lowest BCUT2D eigenvalue weighted by atomic mass is 10.1. The number of thioether (sulfide) groups is 1. The van der Waals surface area contributed by atoms with Crippen LogP contribution in [-0.4, -0.2) is 26.3 Å². The number of amides is 1. The van der Waals surface area contributed by atoms with Crippen LogP contribution < -0.4 is 5.32 Å². The molecule has 4 rings (SSSR count). The lowest BCUT2D eigenvalue weighted by Crippen LogP contribution is -2.18. The molecular formula is C19H13F3N4OS2. The largest absolute Gasteiger partial charge is 0.418 e. The third-order valence-corrected chi connectivity index (χ3v) is 5.86. The van der Waals surface area contributed by atoms with E-state index >= 15 is 0 Å². The number of carbonyl (C=O) groups excluding carboxylic acids is 1. The number of thiophene rings is 1. The molecule has 0 fully saturated rings. The summed E-state index contributed by atoms with van der Waals surface area (Å²) in [6.45, 7) is 0. The van der Waals surface area contributed by atoms with E-state index in [0.29, 0.717) is 5.03 Å². The predicted octanol–water partition coefficient (Wildman–Crippen LogP) is 5.21. The number of benzene rings is 1. The molecule has 0 unspecified atom stereocenters. The van der Waals surface area contributed by atoms with Gasteiger partial charge in [0.25, 0.3) is 0 Å². The molecule has 0 atom stereocenters. The van der Waals surface area contributed by atoms with Crippen LogP contribution in [0.1, 0.15) is 5.56 Å². The van der Waals surface area contributed by atoms with E-state index in [4.69, 9.17) is 0 Å². The molecule has 0 aliphatic rings. The van der Waals surface area contributed by atoms with Crippen molar-refractivity contribution in [3.8, 4) is 10.6 Å². The standard InChI is InChI=1S/C19H13F3N4OS2/c20-19(21,22)12-4-1-2-5-13(12)24-17(27)11-29-18-15-10-14(16-6-3-9-28-16)25-26(15)8-7-23-18/h1-10H,11H2,(H,24,27). The van der Waals surface area contributed by atoms with Gasteiger partial charge < -0.3 is 5.32 Å². The fourth-order valence-electron chi connectivity index (χ4n) is 2.71. The lowest BCUT2D eigenvalue weighted by Gasteiger charge is -2.13. The summed E-state index contributed by atoms with van der Waals surface area (Å²) in [5, 5.41) is 9.36. The highest BCUT2D eigenvalue weighted by Gasteiger charge is 2.33. The quantitative estimate of drug-likeness (QED) is 0.438. The second kappa shape index (κ2) is 7.88. The van der Waals surface area contributed by atoms with E-state index in [0.717, 1.165) is 33.9 Å². The number of para-hydroxylation sites is 1. The van der Waals surface area contributed by atoms with Gasteiger partial charge in [-0.2, -0.15) is 18.3 Å². The normalized spacial score (nSPS) is 11.7. The molecule has 0 radical (unpaired) electrons. The average Bonchev–Trinajstić information content (AvgIpc) is 3.35. The Morgan fingerprint density at radius 1 is 1.21 bits per heavy atom. The molecule has 0 aliphatic heterocycles. The first-order valence-electron chi connectivity index (χ1n) is 8.39. The van der Waals surface area contributed by atoms with Gasteiger partial charge in [-0.15, -0.1) is 11.3 Å². The molecular weight excluding hydrogens is 421 g/mol. The highest BCUT2D eigenvalue weighted by Crippen LogP contribution is 2.35. The summed E-state index contributed by atoms with van der Waals surface area (Å²) >= 11 is 2.70. The van der Waals surface area contributed by atoms with E-state index in [1.807, 2.05) is 23.6 Å². The maximum atomic E-state index is 13.1. The summed E-state index contributed by atoms with van der Waals surface area (Å²) in [7, 11) is 0. The van der Waals surface area contributed by atoms with Crippen molar-refractivity contribution < 1.29 is 18.0 Å². The second-order valence-electron chi connectivity index (χ2n) is 5.95. The van der Waals surface area contributed by atoms with Crippen LogP contribution in [0, 0.1) is 0 Å². The zero-order valence-electron chi connectivity index (χ0n) is 14.7. The van der Waals surface area contributed by atoms with E-state index in [1.54, 1.807) is 28.2 Å². The van der Waals surface area contributed by atoms with Crippen LogP contribution in [0.15, 0.2) is 65.3 Å². The molecule has 0 aliphatic carbocycles. The van der Waals surface area contributed by atoms with Gasteiger partial charge >= 0.3 is 6.18 Å². The number of carbonyl (C=O) groups is 1. The van der Waals surface area contributed by atoms with Crippen LogP contribution in [0.2, 0.25) is 0 Å². The number of rotatable bonds is 5. The van der Waals surface area contributed by atoms with Gasteiger partial charge in [0.1, 0.15) is 10.7 Å². The molecule has 1 aromatic carbocycles. The van der Waals surface area contributed by atoms with E-state index < -0.39 is 17.6 Å². The summed E-state index contributed by atoms with van der Waals surface area (Å²) < 4.78 is 40.9. The first-order chi connectivity index (χ1) is 13.9. The minimum atomic E-state index is -4.54. The number of nitrogens with one attached hydrogen (secondary N) is 1. The topological polar surface area (TPSA) is 59.3 Å². The van der Waals surface area contributed by atoms with Gasteiger partial charge in [0, 0.05) is 12.4 Å². The Hall–Kier alpha value is -2.85. The summed E-state index contributed by atoms with van der Waals surface area (Å²) in [4.78, 5) is 17.5. The van der Waals surface area contributed by atoms with Crippen molar-refractivity contribution in [1.29, 1.82) is 0 Å². The Bertz CT molecular complexity index is 1160. The fourth-order valence-corrected chi connectivity index (χ4v) is 4.17. The molecule has 5 nitrogen and oxygen atoms in total. The van der Waals surface area contributed by atoms with Crippen LogP contribution in [0.25, 0.3) is 16.1 Å². The molecule has 0 spiro atoms. The zero-order valence-corrected chi connectivity index (χ0v) is 16.3. The number of nitrogens with zero attached hydrogens (tertiary/aromatic N) is 3. The number of fused-ring (bicyclic) bond motifs is 1. The molecule has 1 N–H and O–H groups in total. The minimum absolute atomic E-state index is 0.0849. The molecule has 4 aromatic rings. The van der Waals surface area contributed by atoms with E-state index in [2.05, 4.69) is 15.4 Å². The van der Waals surface area contributed by atoms with Gasteiger partial charge in [0.15, 0.2) is 0 Å². The maximum absolute atomic E-state index is 13.1. The maximum Gasteiger partial charge on any atom is 0.418 e. The van der Waals surface area contributed by atoms with Gasteiger partial charge in [-0.25, -0.2) is 9.50 Å². The molecule has 148 valence electrons. The van der Waals surface area contributed by atoms with Crippen molar-refractivity contribution in [3.63, 3.8) is 0 Å². The Morgan fingerprint density at radius 2 is 2.03 bits per heavy atom. The summed E-state index contributed by atoms with van der Waals surface area (Å²) in [5.74, 6) is -0.633. The van der Waals surface area contributed by atoms with Crippen molar-refractivity contribution in [1.82, 2.24) is 14.6 Å². The Morgan fingerprint density at radius 3 is 2.79 bits per heavy atom. The highest BCUT2D eigenvalue weighted by molar-refractivity contribution is 8.00. The monoisotopic (exact) mass is 434 g/mol. The number of anilines is 1. The van der Waals surface area contributed by atoms with Crippen LogP contribution in [-0.2, 0) is 11.0 Å². The second-order valence-corrected chi connectivity index (χ2v) is 7.86. The van der Waals surface area contributed by atoms with Gasteiger partial charge in [0.2, 0.25) is 5.91 Å². The van der Waals surface area contributed by atoms with E-state index in [1.165, 1.54) is 18.2 Å². The SMILES string of the molecule is O=C(CSc1nccn2nc(-c3cccs3)cc12)Nc1ccccc1C(F)(F)F. The molecule has 0 saturated heterocycles. The van der Waals surface area contributed by atoms with Crippen molar-refractivity contribution in [2.75, 3.05) is 11.1 Å². The van der Waals surface area contributed by atoms with Gasteiger partial charge in [-0.3, -0.25) is 4.79 Å². The van der Waals surface area contributed by atoms with Crippen molar-refractivity contribution in [2.24, 2.45) is 0 Å². The molecule has 0 bridgehead atoms. The predicted molar refractivity (Wildman–Crippen MR) is 107 cm³/mol. The fraction of sp³-hybridized carbons (Fsp3) is 0.105. The molecule has 10 heteroatoms. The first-order valence-corrected chi connectivity index (χ1v) is 10.3. The van der Waals surface area contributed by atoms with Crippen molar-refractivity contribution >= 4 is 40.2 Å². The number of hydrogen-bond acceptors (Lipinski definition) is 5. The first kappa shape index (κ1) is 19.5. The summed E-state index contributed by atoms with van der Waals surface area (Å²) in [6.07, 6.45) is -1.27. The molecule has 29 heavy (non-hydrogen) atoms. The van der Waals surface area contributed by atoms with Gasteiger partial charge in [-0.05, 0) is 29.6 Å². The third kappa shape index (κ3) is 4.28. The zero-order chi connectivity index (χ0) is 20.4. The third-order valence-electron chi connectivity index (χ3n) is 3.97. The van der Waals surface area contributed by atoms with E-state index in [9.17, 15) is 18.0 Å². The number of halogens is 3.